The number of nitrogens with zero attached hydrogens (tertiary/aromatic N) is 2. The molecule has 1 aromatic rings. The number of nitrogens with one attached hydrogen (secondary N) is 2. The number of hydrogen-bond acceptors (Lipinski definition) is 6. The molecule has 150 valence electrons. The predicted molar refractivity (Wildman–Crippen MR) is 113 cm³/mol. The molecule has 0 aromatic carbocycles. The molecule has 2 atom stereocenters. The largest absolute Gasteiger partial charge is 0.355 e. The summed E-state index contributed by atoms with van der Waals surface area (Å²) in [6, 6.07) is 6.71. The van der Waals surface area contributed by atoms with Crippen LogP contribution in [0.15, 0.2) is 29.4 Å². The van der Waals surface area contributed by atoms with Gasteiger partial charge in [0, 0.05) is 43.5 Å². The second-order valence-electron chi connectivity index (χ2n) is 6.82. The van der Waals surface area contributed by atoms with E-state index in [0.717, 1.165) is 23.6 Å². The zero-order valence-electron chi connectivity index (χ0n) is 16.1. The molecule has 2 heterocycles. The van der Waals surface area contributed by atoms with E-state index in [0.29, 0.717) is 38.1 Å². The average Bonchev–Trinajstić information content (AvgIpc) is 2.65. The summed E-state index contributed by atoms with van der Waals surface area (Å²) < 4.78 is 0. The van der Waals surface area contributed by atoms with E-state index < -0.39 is 0 Å². The fourth-order valence-corrected chi connectivity index (χ4v) is 4.93. The van der Waals surface area contributed by atoms with Gasteiger partial charge in [0.1, 0.15) is 5.03 Å². The highest BCUT2D eigenvalue weighted by atomic mass is 33.1. The number of rotatable bonds is 10. The van der Waals surface area contributed by atoms with Gasteiger partial charge in [-0.2, -0.15) is 0 Å². The van der Waals surface area contributed by atoms with Crippen molar-refractivity contribution in [3.63, 3.8) is 0 Å². The van der Waals surface area contributed by atoms with Crippen molar-refractivity contribution < 1.29 is 9.59 Å². The molecule has 0 unspecified atom stereocenters. The molecule has 2 rings (SSSR count). The van der Waals surface area contributed by atoms with E-state index >= 15 is 0 Å². The standard InChI is InChI=1S/C19H30N4O2S2/c1-15-6-5-7-16(2)23(15)14-18(25)20-11-9-17(24)21-12-13-26-27-19-8-3-4-10-22-19/h3-4,8,10,15-16H,5-7,9,11-14H2,1-2H3,(H,20,25)(H,21,24)/t15-,16+. The van der Waals surface area contributed by atoms with Crippen molar-refractivity contribution in [2.45, 2.75) is 56.6 Å². The summed E-state index contributed by atoms with van der Waals surface area (Å²) in [5.41, 5.74) is 0. The molecule has 1 aromatic heterocycles. The third-order valence-electron chi connectivity index (χ3n) is 4.67. The summed E-state index contributed by atoms with van der Waals surface area (Å²) in [6.45, 7) is 5.78. The number of amides is 2. The van der Waals surface area contributed by atoms with Crippen LogP contribution in [-0.2, 0) is 9.59 Å². The number of hydrogen-bond donors (Lipinski definition) is 2. The lowest BCUT2D eigenvalue weighted by atomic mass is 9.97. The van der Waals surface area contributed by atoms with Crippen LogP contribution in [0.5, 0.6) is 0 Å². The molecule has 8 heteroatoms. The van der Waals surface area contributed by atoms with Crippen LogP contribution in [0.1, 0.15) is 39.5 Å². The van der Waals surface area contributed by atoms with E-state index in [1.165, 1.54) is 6.42 Å². The highest BCUT2D eigenvalue weighted by Gasteiger charge is 2.26. The Kier molecular flexibility index (Phi) is 10.0. The average molecular weight is 411 g/mol. The van der Waals surface area contributed by atoms with Crippen molar-refractivity contribution in [3.8, 4) is 0 Å². The van der Waals surface area contributed by atoms with Crippen molar-refractivity contribution in [2.75, 3.05) is 25.4 Å². The summed E-state index contributed by atoms with van der Waals surface area (Å²) in [5, 5.41) is 6.72. The van der Waals surface area contributed by atoms with E-state index in [9.17, 15) is 9.59 Å². The maximum absolute atomic E-state index is 12.1. The highest BCUT2D eigenvalue weighted by Crippen LogP contribution is 2.28. The van der Waals surface area contributed by atoms with Gasteiger partial charge in [-0.1, -0.05) is 23.3 Å². The van der Waals surface area contributed by atoms with Gasteiger partial charge in [0.2, 0.25) is 11.8 Å². The first-order valence-corrected chi connectivity index (χ1v) is 11.9. The van der Waals surface area contributed by atoms with Crippen LogP contribution >= 0.6 is 21.6 Å². The van der Waals surface area contributed by atoms with Crippen LogP contribution in [0.4, 0.5) is 0 Å². The van der Waals surface area contributed by atoms with Gasteiger partial charge in [-0.3, -0.25) is 14.5 Å². The van der Waals surface area contributed by atoms with Crippen molar-refractivity contribution in [3.05, 3.63) is 24.4 Å². The number of carbonyl (C=O) groups excluding carboxylic acids is 2. The molecule has 1 fully saturated rings. The van der Waals surface area contributed by atoms with Crippen LogP contribution in [0, 0.1) is 0 Å². The summed E-state index contributed by atoms with van der Waals surface area (Å²) in [5.74, 6) is 0.786. The molecule has 1 aliphatic rings. The first kappa shape index (κ1) is 22.0. The van der Waals surface area contributed by atoms with Crippen molar-refractivity contribution in [1.29, 1.82) is 0 Å². The van der Waals surface area contributed by atoms with Crippen LogP contribution in [0.25, 0.3) is 0 Å². The molecule has 2 N–H and O–H groups in total. The zero-order valence-corrected chi connectivity index (χ0v) is 17.8. The molecule has 1 saturated heterocycles. The van der Waals surface area contributed by atoms with Crippen molar-refractivity contribution >= 4 is 33.4 Å². The predicted octanol–water partition coefficient (Wildman–Crippen LogP) is 2.71. The topological polar surface area (TPSA) is 74.3 Å². The van der Waals surface area contributed by atoms with E-state index in [1.54, 1.807) is 27.8 Å². The van der Waals surface area contributed by atoms with Crippen molar-refractivity contribution in [2.24, 2.45) is 0 Å². The van der Waals surface area contributed by atoms with E-state index in [1.807, 2.05) is 18.2 Å². The van der Waals surface area contributed by atoms with Gasteiger partial charge < -0.3 is 10.6 Å². The molecule has 1 aliphatic heterocycles. The molecule has 0 spiro atoms. The third kappa shape index (κ3) is 8.53. The minimum atomic E-state index is -0.0292. The number of pyridine rings is 1. The fourth-order valence-electron chi connectivity index (χ4n) is 3.14. The molecule has 27 heavy (non-hydrogen) atoms. The van der Waals surface area contributed by atoms with Gasteiger partial charge in [0.05, 0.1) is 6.54 Å². The number of piperidine rings is 1. The number of carbonyl (C=O) groups is 2. The lowest BCUT2D eigenvalue weighted by Crippen LogP contribution is -2.49. The van der Waals surface area contributed by atoms with Gasteiger partial charge in [0.25, 0.3) is 0 Å². The second kappa shape index (κ2) is 12.3. The molecule has 0 bridgehead atoms. The van der Waals surface area contributed by atoms with Gasteiger partial charge in [-0.05, 0) is 49.6 Å². The Bertz CT molecular complexity index is 578. The fraction of sp³-hybridized carbons (Fsp3) is 0.632. The van der Waals surface area contributed by atoms with Crippen LogP contribution in [0.2, 0.25) is 0 Å². The number of likely N-dealkylation sites (tertiary alicyclic amines) is 1. The Morgan fingerprint density at radius 3 is 2.59 bits per heavy atom. The first-order chi connectivity index (χ1) is 13.1. The van der Waals surface area contributed by atoms with Gasteiger partial charge in [-0.25, -0.2) is 4.98 Å². The summed E-state index contributed by atoms with van der Waals surface area (Å²) >= 11 is 0. The van der Waals surface area contributed by atoms with Gasteiger partial charge in [-0.15, -0.1) is 0 Å². The summed E-state index contributed by atoms with van der Waals surface area (Å²) in [7, 11) is 3.26. The normalized spacial score (nSPS) is 20.2. The zero-order chi connectivity index (χ0) is 19.5. The van der Waals surface area contributed by atoms with Crippen LogP contribution < -0.4 is 10.6 Å². The Labute approximate surface area is 170 Å². The maximum Gasteiger partial charge on any atom is 0.234 e. The lowest BCUT2D eigenvalue weighted by Gasteiger charge is -2.38. The molecule has 0 aliphatic carbocycles. The minimum absolute atomic E-state index is 0.00529. The Balaban J connectivity index is 1.50. The molecular weight excluding hydrogens is 380 g/mol. The van der Waals surface area contributed by atoms with E-state index in [4.69, 9.17) is 0 Å². The summed E-state index contributed by atoms with van der Waals surface area (Å²) in [6.07, 6.45) is 5.62. The monoisotopic (exact) mass is 410 g/mol. The van der Waals surface area contributed by atoms with E-state index in [2.05, 4.69) is 34.4 Å². The second-order valence-corrected chi connectivity index (χ2v) is 9.26. The van der Waals surface area contributed by atoms with Crippen LogP contribution in [-0.4, -0.2) is 59.2 Å². The minimum Gasteiger partial charge on any atom is -0.355 e. The third-order valence-corrected chi connectivity index (χ3v) is 6.93. The lowest BCUT2D eigenvalue weighted by molar-refractivity contribution is -0.124. The smallest absolute Gasteiger partial charge is 0.234 e. The van der Waals surface area contributed by atoms with Gasteiger partial charge in [0.15, 0.2) is 0 Å². The summed E-state index contributed by atoms with van der Waals surface area (Å²) in [4.78, 5) is 30.5. The van der Waals surface area contributed by atoms with E-state index in [-0.39, 0.29) is 11.8 Å². The van der Waals surface area contributed by atoms with Crippen molar-refractivity contribution in [1.82, 2.24) is 20.5 Å². The molecule has 6 nitrogen and oxygen atoms in total. The maximum atomic E-state index is 12.1. The Morgan fingerprint density at radius 1 is 1.15 bits per heavy atom. The Morgan fingerprint density at radius 2 is 1.89 bits per heavy atom. The Hall–Kier alpha value is -1.25. The molecule has 0 radical (unpaired) electrons. The quantitative estimate of drug-likeness (QED) is 0.456. The van der Waals surface area contributed by atoms with Crippen LogP contribution in [0.3, 0.4) is 0 Å². The highest BCUT2D eigenvalue weighted by molar-refractivity contribution is 8.76. The number of aromatic nitrogens is 1. The SMILES string of the molecule is C[C@@H]1CCC[C@H](C)N1CC(=O)NCCC(=O)NCCSSc1ccccn1. The molecule has 2 amide bonds. The molecular formula is C19H30N4O2S2. The molecule has 0 saturated carbocycles. The first-order valence-electron chi connectivity index (χ1n) is 9.56. The van der Waals surface area contributed by atoms with Gasteiger partial charge >= 0.3 is 0 Å².